The summed E-state index contributed by atoms with van der Waals surface area (Å²) in [4.78, 5) is 15.0. The lowest BCUT2D eigenvalue weighted by Gasteiger charge is -2.12. The molecule has 1 N–H and O–H groups in total. The second kappa shape index (κ2) is 4.77. The van der Waals surface area contributed by atoms with Crippen molar-refractivity contribution >= 4 is 11.7 Å². The van der Waals surface area contributed by atoms with Gasteiger partial charge in [0, 0.05) is 13.5 Å². The highest BCUT2D eigenvalue weighted by Crippen LogP contribution is 2.06. The molecule has 0 aromatic carbocycles. The Hall–Kier alpha value is -1.16. The maximum atomic E-state index is 10.5. The number of hydrogen-bond donors (Lipinski definition) is 1. The van der Waals surface area contributed by atoms with Crippen LogP contribution in [0.15, 0.2) is 16.8 Å². The van der Waals surface area contributed by atoms with Crippen LogP contribution in [0.3, 0.4) is 0 Å². The van der Waals surface area contributed by atoms with E-state index in [1.165, 1.54) is 6.92 Å². The number of oxime groups is 1. The van der Waals surface area contributed by atoms with Crippen molar-refractivity contribution in [3.8, 4) is 0 Å². The zero-order valence-electron chi connectivity index (χ0n) is 7.96. The monoisotopic (exact) mass is 182 g/mol. The molecule has 0 aliphatic carbocycles. The van der Waals surface area contributed by atoms with Crippen molar-refractivity contribution in [3.63, 3.8) is 0 Å². The highest BCUT2D eigenvalue weighted by Gasteiger charge is 2.06. The summed E-state index contributed by atoms with van der Waals surface area (Å²) >= 11 is 0. The third-order valence-corrected chi connectivity index (χ3v) is 1.84. The maximum Gasteiger partial charge on any atom is 0.331 e. The topological polar surface area (TPSA) is 50.7 Å². The molecule has 72 valence electrons. The number of nitrogens with zero attached hydrogens (tertiary/aromatic N) is 1. The first-order valence-corrected chi connectivity index (χ1v) is 4.32. The van der Waals surface area contributed by atoms with Gasteiger partial charge in [-0.1, -0.05) is 11.2 Å². The van der Waals surface area contributed by atoms with Crippen LogP contribution >= 0.6 is 0 Å². The lowest BCUT2D eigenvalue weighted by Crippen LogP contribution is -2.22. The maximum absolute atomic E-state index is 10.5. The van der Waals surface area contributed by atoms with Crippen LogP contribution in [0.5, 0.6) is 0 Å². The van der Waals surface area contributed by atoms with Crippen LogP contribution < -0.4 is 5.32 Å². The number of nitrogens with one attached hydrogen (secondary N) is 1. The van der Waals surface area contributed by atoms with Gasteiger partial charge in [0.1, 0.15) is 0 Å². The van der Waals surface area contributed by atoms with E-state index in [0.717, 1.165) is 30.8 Å². The van der Waals surface area contributed by atoms with Gasteiger partial charge in [0.25, 0.3) is 0 Å². The molecule has 1 rings (SSSR count). The molecule has 0 amide bonds. The Labute approximate surface area is 77.6 Å². The molecule has 4 heteroatoms. The van der Waals surface area contributed by atoms with Crippen molar-refractivity contribution in [2.75, 3.05) is 13.1 Å². The van der Waals surface area contributed by atoms with E-state index >= 15 is 0 Å². The lowest BCUT2D eigenvalue weighted by atomic mass is 10.1. The molecule has 13 heavy (non-hydrogen) atoms. The summed E-state index contributed by atoms with van der Waals surface area (Å²) in [6, 6.07) is 0. The predicted octanol–water partition coefficient (Wildman–Crippen LogP) is 0.845. The average Bonchev–Trinajstić information content (AvgIpc) is 2.15. The van der Waals surface area contributed by atoms with Gasteiger partial charge in [0.05, 0.1) is 5.71 Å². The predicted molar refractivity (Wildman–Crippen MR) is 50.4 cm³/mol. The van der Waals surface area contributed by atoms with Crippen LogP contribution in [0.2, 0.25) is 0 Å². The van der Waals surface area contributed by atoms with Gasteiger partial charge >= 0.3 is 5.97 Å². The number of rotatable bonds is 2. The third-order valence-electron chi connectivity index (χ3n) is 1.84. The molecule has 0 spiro atoms. The standard InChI is InChI=1S/C9H14N2O2/c1-7(11-13-8(2)12)9-3-5-10-6-4-9/h3,10H,4-6H2,1-2H3/b11-7+. The Morgan fingerprint density at radius 2 is 2.38 bits per heavy atom. The van der Waals surface area contributed by atoms with E-state index in [1.807, 2.05) is 6.92 Å². The number of carbonyl (C=O) groups excluding carboxylic acids is 1. The molecular weight excluding hydrogens is 168 g/mol. The molecule has 1 aliphatic heterocycles. The summed E-state index contributed by atoms with van der Waals surface area (Å²) in [5.41, 5.74) is 1.94. The Kier molecular flexibility index (Phi) is 3.64. The van der Waals surface area contributed by atoms with Crippen molar-refractivity contribution in [1.82, 2.24) is 5.32 Å². The smallest absolute Gasteiger partial charge is 0.318 e. The zero-order chi connectivity index (χ0) is 9.68. The van der Waals surface area contributed by atoms with E-state index < -0.39 is 0 Å². The minimum Gasteiger partial charge on any atom is -0.318 e. The minimum absolute atomic E-state index is 0.381. The van der Waals surface area contributed by atoms with Crippen molar-refractivity contribution in [2.45, 2.75) is 20.3 Å². The molecule has 4 nitrogen and oxygen atoms in total. The van der Waals surface area contributed by atoms with E-state index in [0.29, 0.717) is 0 Å². The fraction of sp³-hybridized carbons (Fsp3) is 0.556. The van der Waals surface area contributed by atoms with Gasteiger partial charge in [-0.05, 0) is 25.5 Å². The van der Waals surface area contributed by atoms with E-state index in [9.17, 15) is 4.79 Å². The highest BCUT2D eigenvalue weighted by molar-refractivity contribution is 5.98. The fourth-order valence-corrected chi connectivity index (χ4v) is 1.14. The van der Waals surface area contributed by atoms with Crippen LogP contribution in [-0.2, 0) is 9.63 Å². The van der Waals surface area contributed by atoms with Gasteiger partial charge < -0.3 is 10.2 Å². The zero-order valence-corrected chi connectivity index (χ0v) is 7.96. The summed E-state index contributed by atoms with van der Waals surface area (Å²) in [6.07, 6.45) is 3.00. The molecule has 1 aliphatic rings. The largest absolute Gasteiger partial charge is 0.331 e. The Morgan fingerprint density at radius 1 is 1.62 bits per heavy atom. The third kappa shape index (κ3) is 3.38. The van der Waals surface area contributed by atoms with E-state index in [4.69, 9.17) is 0 Å². The van der Waals surface area contributed by atoms with E-state index in [1.54, 1.807) is 0 Å². The van der Waals surface area contributed by atoms with Crippen molar-refractivity contribution < 1.29 is 9.63 Å². The molecule has 0 radical (unpaired) electrons. The van der Waals surface area contributed by atoms with Crippen LogP contribution in [-0.4, -0.2) is 24.8 Å². The van der Waals surface area contributed by atoms with Gasteiger partial charge in [-0.15, -0.1) is 0 Å². The summed E-state index contributed by atoms with van der Waals surface area (Å²) in [7, 11) is 0. The lowest BCUT2D eigenvalue weighted by molar-refractivity contribution is -0.140. The average molecular weight is 182 g/mol. The molecule has 0 saturated carbocycles. The summed E-state index contributed by atoms with van der Waals surface area (Å²) in [5, 5.41) is 6.91. The molecule has 0 aromatic rings. The van der Waals surface area contributed by atoms with Gasteiger partial charge in [-0.2, -0.15) is 0 Å². The fourth-order valence-electron chi connectivity index (χ4n) is 1.14. The van der Waals surface area contributed by atoms with Crippen molar-refractivity contribution in [2.24, 2.45) is 5.16 Å². The summed E-state index contributed by atoms with van der Waals surface area (Å²) in [5.74, 6) is -0.381. The minimum atomic E-state index is -0.381. The molecule has 0 bridgehead atoms. The quantitative estimate of drug-likeness (QED) is 0.391. The molecule has 0 saturated heterocycles. The molecule has 1 heterocycles. The van der Waals surface area contributed by atoms with Crippen LogP contribution in [0.1, 0.15) is 20.3 Å². The van der Waals surface area contributed by atoms with Gasteiger partial charge in [-0.25, -0.2) is 4.79 Å². The molecule has 0 atom stereocenters. The molecular formula is C9H14N2O2. The normalized spacial score (nSPS) is 18.0. The molecule has 0 fully saturated rings. The summed E-state index contributed by atoms with van der Waals surface area (Å²) < 4.78 is 0. The Bertz CT molecular complexity index is 256. The van der Waals surface area contributed by atoms with Gasteiger partial charge in [0.2, 0.25) is 0 Å². The first-order chi connectivity index (χ1) is 6.20. The van der Waals surface area contributed by atoms with E-state index in [2.05, 4.69) is 21.4 Å². The SMILES string of the molecule is CC(=O)O/N=C(\C)C1=CCNCC1. The second-order valence-corrected chi connectivity index (χ2v) is 2.94. The van der Waals surface area contributed by atoms with E-state index in [-0.39, 0.29) is 5.97 Å². The van der Waals surface area contributed by atoms with Gasteiger partial charge in [-0.3, -0.25) is 0 Å². The first-order valence-electron chi connectivity index (χ1n) is 4.32. The molecule has 0 unspecified atom stereocenters. The van der Waals surface area contributed by atoms with Crippen molar-refractivity contribution in [3.05, 3.63) is 11.6 Å². The van der Waals surface area contributed by atoms with Gasteiger partial charge in [0.15, 0.2) is 0 Å². The number of carbonyl (C=O) groups is 1. The molecule has 0 aromatic heterocycles. The Balaban J connectivity index is 2.54. The van der Waals surface area contributed by atoms with Crippen molar-refractivity contribution in [1.29, 1.82) is 0 Å². The summed E-state index contributed by atoms with van der Waals surface area (Å²) in [6.45, 7) is 5.01. The van der Waals surface area contributed by atoms with Crippen LogP contribution in [0.25, 0.3) is 0 Å². The first kappa shape index (κ1) is 9.92. The van der Waals surface area contributed by atoms with Crippen LogP contribution in [0.4, 0.5) is 0 Å². The second-order valence-electron chi connectivity index (χ2n) is 2.94. The highest BCUT2D eigenvalue weighted by atomic mass is 16.7. The Morgan fingerprint density at radius 3 is 2.92 bits per heavy atom. The number of hydrogen-bond acceptors (Lipinski definition) is 4. The van der Waals surface area contributed by atoms with Crippen LogP contribution in [0, 0.1) is 0 Å².